The van der Waals surface area contributed by atoms with Crippen molar-refractivity contribution in [1.29, 1.82) is 0 Å². The van der Waals surface area contributed by atoms with Crippen molar-refractivity contribution in [3.05, 3.63) is 93.5 Å². The number of anilines is 1. The number of rotatable bonds is 4. The predicted octanol–water partition coefficient (Wildman–Crippen LogP) is 6.41. The quantitative estimate of drug-likeness (QED) is 0.442. The highest BCUT2D eigenvalue weighted by Gasteiger charge is 2.32. The summed E-state index contributed by atoms with van der Waals surface area (Å²) in [4.78, 5) is 27.4. The van der Waals surface area contributed by atoms with Crippen LogP contribution in [0.1, 0.15) is 38.7 Å². The number of ether oxygens (including phenoxy) is 1. The van der Waals surface area contributed by atoms with Crippen LogP contribution < -0.4 is 15.0 Å². The number of amides is 2. The maximum atomic E-state index is 13.2. The SMILES string of the molecule is O=C(NC1CCN(C(=O)c2ccc(OC(F)(F)F)cc2)c2cc(Cl)ccc21)c1ccccc1Cl. The summed E-state index contributed by atoms with van der Waals surface area (Å²) in [6.07, 6.45) is -4.41. The molecule has 4 rings (SSSR count). The normalized spacial score (nSPS) is 15.4. The number of hydrogen-bond acceptors (Lipinski definition) is 3. The van der Waals surface area contributed by atoms with Crippen molar-refractivity contribution in [2.24, 2.45) is 0 Å². The monoisotopic (exact) mass is 508 g/mol. The van der Waals surface area contributed by atoms with Crippen molar-refractivity contribution in [2.75, 3.05) is 11.4 Å². The lowest BCUT2D eigenvalue weighted by molar-refractivity contribution is -0.274. The Morgan fingerprint density at radius 3 is 2.38 bits per heavy atom. The van der Waals surface area contributed by atoms with Crippen molar-refractivity contribution >= 4 is 40.7 Å². The van der Waals surface area contributed by atoms with E-state index in [9.17, 15) is 22.8 Å². The van der Waals surface area contributed by atoms with Gasteiger partial charge in [0.1, 0.15) is 5.75 Å². The van der Waals surface area contributed by atoms with Crippen molar-refractivity contribution in [3.8, 4) is 5.75 Å². The molecule has 1 aliphatic rings. The number of carbonyl (C=O) groups is 2. The topological polar surface area (TPSA) is 58.6 Å². The summed E-state index contributed by atoms with van der Waals surface area (Å²) < 4.78 is 41.1. The molecule has 3 aromatic carbocycles. The molecule has 176 valence electrons. The molecule has 10 heteroatoms. The molecule has 0 spiro atoms. The number of carbonyl (C=O) groups excluding carboxylic acids is 2. The minimum atomic E-state index is -4.82. The molecule has 1 aliphatic heterocycles. The molecule has 0 aliphatic carbocycles. The molecule has 3 aromatic rings. The molecule has 1 N–H and O–H groups in total. The third-order valence-corrected chi connectivity index (χ3v) is 5.87. The lowest BCUT2D eigenvalue weighted by Gasteiger charge is -2.35. The van der Waals surface area contributed by atoms with E-state index in [0.29, 0.717) is 33.3 Å². The number of fused-ring (bicyclic) bond motifs is 1. The number of benzene rings is 3. The Balaban J connectivity index is 1.58. The number of nitrogens with zero attached hydrogens (tertiary/aromatic N) is 1. The lowest BCUT2D eigenvalue weighted by Crippen LogP contribution is -2.41. The molecular formula is C24H17Cl2F3N2O3. The summed E-state index contributed by atoms with van der Waals surface area (Å²) in [6.45, 7) is 0.250. The second kappa shape index (κ2) is 9.56. The highest BCUT2D eigenvalue weighted by molar-refractivity contribution is 6.33. The van der Waals surface area contributed by atoms with Crippen LogP contribution in [0.4, 0.5) is 18.9 Å². The molecule has 1 unspecified atom stereocenters. The van der Waals surface area contributed by atoms with E-state index in [1.807, 2.05) is 0 Å². The second-order valence-electron chi connectivity index (χ2n) is 7.53. The molecule has 0 bridgehead atoms. The van der Waals surface area contributed by atoms with Crippen LogP contribution in [0, 0.1) is 0 Å². The summed E-state index contributed by atoms with van der Waals surface area (Å²) in [7, 11) is 0. The fourth-order valence-corrected chi connectivity index (χ4v) is 4.16. The zero-order chi connectivity index (χ0) is 24.5. The summed E-state index contributed by atoms with van der Waals surface area (Å²) >= 11 is 12.3. The summed E-state index contributed by atoms with van der Waals surface area (Å²) in [6, 6.07) is 16.0. The second-order valence-corrected chi connectivity index (χ2v) is 8.37. The van der Waals surface area contributed by atoms with E-state index < -0.39 is 24.1 Å². The van der Waals surface area contributed by atoms with Crippen LogP contribution >= 0.6 is 23.2 Å². The summed E-state index contributed by atoms with van der Waals surface area (Å²) in [5.74, 6) is -1.19. The number of hydrogen-bond donors (Lipinski definition) is 1. The van der Waals surface area contributed by atoms with Crippen molar-refractivity contribution < 1.29 is 27.5 Å². The number of halogens is 5. The first-order valence-electron chi connectivity index (χ1n) is 10.1. The molecule has 0 saturated heterocycles. The van der Waals surface area contributed by atoms with Crippen molar-refractivity contribution in [3.63, 3.8) is 0 Å². The lowest BCUT2D eigenvalue weighted by atomic mass is 9.95. The van der Waals surface area contributed by atoms with Crippen LogP contribution in [0.15, 0.2) is 66.7 Å². The molecule has 0 radical (unpaired) electrons. The van der Waals surface area contributed by atoms with Gasteiger partial charge in [0.15, 0.2) is 0 Å². The fourth-order valence-electron chi connectivity index (χ4n) is 3.78. The van der Waals surface area contributed by atoms with Gasteiger partial charge in [-0.3, -0.25) is 9.59 Å². The molecular weight excluding hydrogens is 492 g/mol. The molecule has 1 atom stereocenters. The molecule has 2 amide bonds. The minimum absolute atomic E-state index is 0.180. The van der Waals surface area contributed by atoms with Crippen LogP contribution in [-0.2, 0) is 0 Å². The first-order chi connectivity index (χ1) is 16.1. The van der Waals surface area contributed by atoms with Crippen LogP contribution in [0.5, 0.6) is 5.75 Å². The number of alkyl halides is 3. The van der Waals surface area contributed by atoms with E-state index in [1.54, 1.807) is 42.5 Å². The Morgan fingerprint density at radius 2 is 1.71 bits per heavy atom. The Morgan fingerprint density at radius 1 is 1.00 bits per heavy atom. The van der Waals surface area contributed by atoms with Gasteiger partial charge in [0.2, 0.25) is 0 Å². The molecule has 1 heterocycles. The van der Waals surface area contributed by atoms with Gasteiger partial charge in [0, 0.05) is 17.1 Å². The maximum absolute atomic E-state index is 13.2. The zero-order valence-corrected chi connectivity index (χ0v) is 18.9. The van der Waals surface area contributed by atoms with Gasteiger partial charge < -0.3 is 15.0 Å². The van der Waals surface area contributed by atoms with E-state index >= 15 is 0 Å². The van der Waals surface area contributed by atoms with Crippen LogP contribution in [0.3, 0.4) is 0 Å². The van der Waals surface area contributed by atoms with E-state index in [4.69, 9.17) is 23.2 Å². The van der Waals surface area contributed by atoms with Gasteiger partial charge in [-0.05, 0) is 60.5 Å². The Hall–Kier alpha value is -3.23. The summed E-state index contributed by atoms with van der Waals surface area (Å²) in [5, 5.41) is 3.67. The Kier molecular flexibility index (Phi) is 6.72. The molecule has 5 nitrogen and oxygen atoms in total. The Labute approximate surface area is 203 Å². The van der Waals surface area contributed by atoms with Crippen LogP contribution in [0.25, 0.3) is 0 Å². The Bertz CT molecular complexity index is 1230. The smallest absolute Gasteiger partial charge is 0.406 e. The van der Waals surface area contributed by atoms with Crippen LogP contribution in [-0.4, -0.2) is 24.7 Å². The van der Waals surface area contributed by atoms with E-state index in [1.165, 1.54) is 17.0 Å². The highest BCUT2D eigenvalue weighted by atomic mass is 35.5. The molecule has 0 aromatic heterocycles. The summed E-state index contributed by atoms with van der Waals surface area (Å²) in [5.41, 5.74) is 1.70. The third-order valence-electron chi connectivity index (χ3n) is 5.30. The van der Waals surface area contributed by atoms with Gasteiger partial charge >= 0.3 is 6.36 Å². The van der Waals surface area contributed by atoms with Gasteiger partial charge in [0.25, 0.3) is 11.8 Å². The first kappa shape index (κ1) is 23.9. The number of nitrogens with one attached hydrogen (secondary N) is 1. The van der Waals surface area contributed by atoms with Crippen LogP contribution in [0.2, 0.25) is 10.0 Å². The largest absolute Gasteiger partial charge is 0.573 e. The molecule has 0 saturated carbocycles. The average Bonchev–Trinajstić information content (AvgIpc) is 2.78. The molecule has 0 fully saturated rings. The zero-order valence-electron chi connectivity index (χ0n) is 17.4. The van der Waals surface area contributed by atoms with Crippen molar-refractivity contribution in [1.82, 2.24) is 5.32 Å². The molecule has 34 heavy (non-hydrogen) atoms. The minimum Gasteiger partial charge on any atom is -0.406 e. The van der Waals surface area contributed by atoms with Gasteiger partial charge in [-0.2, -0.15) is 0 Å². The van der Waals surface area contributed by atoms with Gasteiger partial charge in [-0.25, -0.2) is 0 Å². The van der Waals surface area contributed by atoms with Gasteiger partial charge in [0.05, 0.1) is 22.3 Å². The fraction of sp³-hybridized carbons (Fsp3) is 0.167. The first-order valence-corrected chi connectivity index (χ1v) is 10.9. The highest BCUT2D eigenvalue weighted by Crippen LogP contribution is 2.37. The van der Waals surface area contributed by atoms with Crippen molar-refractivity contribution in [2.45, 2.75) is 18.8 Å². The van der Waals surface area contributed by atoms with Gasteiger partial charge in [-0.15, -0.1) is 13.2 Å². The van der Waals surface area contributed by atoms with Gasteiger partial charge in [-0.1, -0.05) is 41.4 Å². The average molecular weight is 509 g/mol. The maximum Gasteiger partial charge on any atom is 0.573 e. The standard InChI is InChI=1S/C24H17Cl2F3N2O3/c25-15-7-10-18-20(30-22(32)17-3-1-2-4-19(17)26)11-12-31(21(18)13-15)23(33)14-5-8-16(9-6-14)34-24(27,28)29/h1-10,13,20H,11-12H2,(H,30,32). The van der Waals surface area contributed by atoms with E-state index in [2.05, 4.69) is 10.1 Å². The van der Waals surface area contributed by atoms with E-state index in [0.717, 1.165) is 12.1 Å². The third kappa shape index (κ3) is 5.29. The van der Waals surface area contributed by atoms with E-state index in [-0.39, 0.29) is 18.0 Å². The predicted molar refractivity (Wildman–Crippen MR) is 123 cm³/mol.